The fourth-order valence-corrected chi connectivity index (χ4v) is 2.35. The summed E-state index contributed by atoms with van der Waals surface area (Å²) in [4.78, 5) is 20.9. The summed E-state index contributed by atoms with van der Waals surface area (Å²) in [5, 5.41) is 21.1. The minimum Gasteiger partial charge on any atom is -0.386 e. The van der Waals surface area contributed by atoms with Crippen LogP contribution in [0, 0.1) is 10.1 Å². The van der Waals surface area contributed by atoms with E-state index in [4.69, 9.17) is 0 Å². The number of aliphatic hydroxyl groups is 1. The minimum absolute atomic E-state index is 0.209. The predicted molar refractivity (Wildman–Crippen MR) is 102 cm³/mol. The third kappa shape index (κ3) is 14.3. The molecule has 0 spiro atoms. The number of aliphatic hydroxyl groups excluding tert-OH is 1. The number of aldehydes is 1. The molecule has 0 radical (unpaired) electrons. The summed E-state index contributed by atoms with van der Waals surface area (Å²) >= 11 is 0. The van der Waals surface area contributed by atoms with E-state index in [1.165, 1.54) is 19.3 Å². The Bertz CT molecular complexity index is 429. The zero-order valence-electron chi connectivity index (χ0n) is 15.4. The molecule has 0 aliphatic carbocycles. The van der Waals surface area contributed by atoms with Crippen LogP contribution in [0.25, 0.3) is 0 Å². The van der Waals surface area contributed by atoms with Crippen molar-refractivity contribution in [2.24, 2.45) is 0 Å². The normalized spacial score (nSPS) is 14.5. The van der Waals surface area contributed by atoms with E-state index in [2.05, 4.69) is 19.1 Å². The second kappa shape index (κ2) is 17.1. The topological polar surface area (TPSA) is 80.4 Å². The van der Waals surface area contributed by atoms with Crippen molar-refractivity contribution in [2.45, 2.75) is 83.3 Å². The molecule has 25 heavy (non-hydrogen) atoms. The van der Waals surface area contributed by atoms with Crippen molar-refractivity contribution < 1.29 is 14.8 Å². The molecular formula is C20H33NO4. The summed E-state index contributed by atoms with van der Waals surface area (Å²) in [5.41, 5.74) is 0. The monoisotopic (exact) mass is 351 g/mol. The van der Waals surface area contributed by atoms with Gasteiger partial charge in [0.15, 0.2) is 0 Å². The summed E-state index contributed by atoms with van der Waals surface area (Å²) in [6.07, 6.45) is 19.5. The Hall–Kier alpha value is -1.75. The first kappa shape index (κ1) is 23.2. The van der Waals surface area contributed by atoms with Gasteiger partial charge in [-0.05, 0) is 38.5 Å². The molecule has 5 nitrogen and oxygen atoms in total. The van der Waals surface area contributed by atoms with E-state index in [1.807, 2.05) is 18.2 Å². The van der Waals surface area contributed by atoms with Crippen LogP contribution in [0.1, 0.15) is 71.1 Å². The number of carbonyl (C=O) groups excluding carboxylic acids is 1. The van der Waals surface area contributed by atoms with Gasteiger partial charge in [0, 0.05) is 17.8 Å². The van der Waals surface area contributed by atoms with E-state index in [0.717, 1.165) is 32.0 Å². The molecule has 0 saturated heterocycles. The van der Waals surface area contributed by atoms with E-state index in [-0.39, 0.29) is 12.8 Å². The number of nitro groups is 1. The molecule has 0 heterocycles. The molecule has 0 aromatic carbocycles. The summed E-state index contributed by atoms with van der Waals surface area (Å²) in [6, 6.07) is -0.989. The van der Waals surface area contributed by atoms with E-state index in [0.29, 0.717) is 6.42 Å². The molecule has 0 amide bonds. The first-order chi connectivity index (χ1) is 12.1. The Labute approximate surface area is 151 Å². The lowest BCUT2D eigenvalue weighted by Crippen LogP contribution is -2.32. The average molecular weight is 351 g/mol. The molecule has 0 aromatic heterocycles. The van der Waals surface area contributed by atoms with Crippen LogP contribution in [0.5, 0.6) is 0 Å². The van der Waals surface area contributed by atoms with Crippen molar-refractivity contribution in [1.82, 2.24) is 0 Å². The minimum atomic E-state index is -0.989. The second-order valence-electron chi connectivity index (χ2n) is 6.13. The Morgan fingerprint density at radius 3 is 2.24 bits per heavy atom. The Kier molecular flexibility index (Phi) is 15.9. The third-order valence-electron chi connectivity index (χ3n) is 3.91. The number of hydrogen-bond acceptors (Lipinski definition) is 4. The molecule has 0 aliphatic rings. The number of allylic oxidation sites excluding steroid dienone is 4. The largest absolute Gasteiger partial charge is 0.386 e. The van der Waals surface area contributed by atoms with Crippen LogP contribution in [0.2, 0.25) is 0 Å². The van der Waals surface area contributed by atoms with Crippen LogP contribution >= 0.6 is 0 Å². The third-order valence-corrected chi connectivity index (χ3v) is 3.91. The first-order valence-electron chi connectivity index (χ1n) is 9.33. The Morgan fingerprint density at radius 1 is 0.920 bits per heavy atom. The van der Waals surface area contributed by atoms with Crippen LogP contribution in [-0.2, 0) is 4.79 Å². The maximum Gasteiger partial charge on any atom is 0.242 e. The average Bonchev–Trinajstić information content (AvgIpc) is 2.59. The molecule has 0 bridgehead atoms. The highest BCUT2D eigenvalue weighted by Crippen LogP contribution is 2.10. The van der Waals surface area contributed by atoms with Crippen molar-refractivity contribution in [3.63, 3.8) is 0 Å². The molecule has 5 heteroatoms. The molecule has 1 N–H and O–H groups in total. The summed E-state index contributed by atoms with van der Waals surface area (Å²) in [7, 11) is 0. The molecular weight excluding hydrogens is 318 g/mol. The van der Waals surface area contributed by atoms with Crippen LogP contribution < -0.4 is 0 Å². The van der Waals surface area contributed by atoms with Gasteiger partial charge in [0.25, 0.3) is 0 Å². The fourth-order valence-electron chi connectivity index (χ4n) is 2.35. The van der Waals surface area contributed by atoms with E-state index >= 15 is 0 Å². The molecule has 2 atom stereocenters. The molecule has 0 rings (SSSR count). The molecule has 0 aliphatic heterocycles. The van der Waals surface area contributed by atoms with Crippen molar-refractivity contribution in [2.75, 3.05) is 0 Å². The van der Waals surface area contributed by atoms with Crippen LogP contribution in [0.3, 0.4) is 0 Å². The Morgan fingerprint density at radius 2 is 1.56 bits per heavy atom. The van der Waals surface area contributed by atoms with Crippen LogP contribution in [-0.4, -0.2) is 28.5 Å². The van der Waals surface area contributed by atoms with Gasteiger partial charge in [-0.25, -0.2) is 0 Å². The van der Waals surface area contributed by atoms with Gasteiger partial charge in [-0.3, -0.25) is 10.1 Å². The standard InChI is InChI=1S/C20H33NO4/c1-2-3-4-5-6-7-8-11-14-17-20(23)19(21(24)25)16-13-10-9-12-15-18-22/h6-7,10-11,13-14,18-20,23H,2-5,8-9,12,15-17H2,1H3/b7-6-,13-10-,14-11-. The number of hydrogen-bond donors (Lipinski definition) is 1. The van der Waals surface area contributed by atoms with E-state index in [1.54, 1.807) is 6.08 Å². The Balaban J connectivity index is 4.06. The smallest absolute Gasteiger partial charge is 0.242 e. The second-order valence-corrected chi connectivity index (χ2v) is 6.13. The number of unbranched alkanes of at least 4 members (excludes halogenated alkanes) is 5. The molecule has 2 unspecified atom stereocenters. The van der Waals surface area contributed by atoms with Gasteiger partial charge in [0.1, 0.15) is 12.4 Å². The predicted octanol–water partition coefficient (Wildman–Crippen LogP) is 4.78. The van der Waals surface area contributed by atoms with Gasteiger partial charge in [0.2, 0.25) is 6.04 Å². The number of rotatable bonds is 16. The van der Waals surface area contributed by atoms with E-state index < -0.39 is 17.1 Å². The molecule has 0 saturated carbocycles. The van der Waals surface area contributed by atoms with Gasteiger partial charge in [-0.2, -0.15) is 0 Å². The lowest BCUT2D eigenvalue weighted by atomic mass is 10.0. The van der Waals surface area contributed by atoms with E-state index in [9.17, 15) is 20.0 Å². The maximum atomic E-state index is 11.1. The maximum absolute atomic E-state index is 11.1. The number of nitrogens with zero attached hydrogens (tertiary/aromatic N) is 1. The molecule has 142 valence electrons. The lowest BCUT2D eigenvalue weighted by molar-refractivity contribution is -0.533. The zero-order valence-corrected chi connectivity index (χ0v) is 15.4. The quantitative estimate of drug-likeness (QED) is 0.143. The molecule has 0 aromatic rings. The fraction of sp³-hybridized carbons (Fsp3) is 0.650. The molecule has 0 fully saturated rings. The highest BCUT2D eigenvalue weighted by atomic mass is 16.6. The highest BCUT2D eigenvalue weighted by Gasteiger charge is 2.27. The van der Waals surface area contributed by atoms with Crippen molar-refractivity contribution >= 4 is 6.29 Å². The van der Waals surface area contributed by atoms with Crippen molar-refractivity contribution in [1.29, 1.82) is 0 Å². The summed E-state index contributed by atoms with van der Waals surface area (Å²) in [6.45, 7) is 2.18. The summed E-state index contributed by atoms with van der Waals surface area (Å²) < 4.78 is 0. The van der Waals surface area contributed by atoms with Crippen molar-refractivity contribution in [3.8, 4) is 0 Å². The van der Waals surface area contributed by atoms with Crippen molar-refractivity contribution in [3.05, 3.63) is 46.6 Å². The van der Waals surface area contributed by atoms with Gasteiger partial charge < -0.3 is 9.90 Å². The SMILES string of the molecule is CCCCC/C=C\C/C=C\CC(O)C(C/C=C\CCCC=O)[N+](=O)[O-]. The highest BCUT2D eigenvalue weighted by molar-refractivity contribution is 5.48. The van der Waals surface area contributed by atoms with Gasteiger partial charge in [-0.15, -0.1) is 0 Å². The lowest BCUT2D eigenvalue weighted by Gasteiger charge is -2.12. The van der Waals surface area contributed by atoms with Crippen LogP contribution in [0.4, 0.5) is 0 Å². The van der Waals surface area contributed by atoms with Gasteiger partial charge in [-0.1, -0.05) is 56.2 Å². The van der Waals surface area contributed by atoms with Gasteiger partial charge in [0.05, 0.1) is 0 Å². The van der Waals surface area contributed by atoms with Gasteiger partial charge >= 0.3 is 0 Å². The zero-order chi connectivity index (χ0) is 18.8. The van der Waals surface area contributed by atoms with Crippen LogP contribution in [0.15, 0.2) is 36.5 Å². The number of carbonyl (C=O) groups is 1. The first-order valence-corrected chi connectivity index (χ1v) is 9.33. The summed E-state index contributed by atoms with van der Waals surface area (Å²) in [5.74, 6) is 0.